The first-order chi connectivity index (χ1) is 9.08. The zero-order valence-corrected chi connectivity index (χ0v) is 13.9. The molecule has 19 heavy (non-hydrogen) atoms. The molecule has 1 N–H and O–H groups in total. The van der Waals surface area contributed by atoms with E-state index in [2.05, 4.69) is 44.8 Å². The van der Waals surface area contributed by atoms with Gasteiger partial charge in [0.25, 0.3) is 0 Å². The van der Waals surface area contributed by atoms with Gasteiger partial charge in [-0.05, 0) is 37.6 Å². The summed E-state index contributed by atoms with van der Waals surface area (Å²) in [5, 5.41) is 3.77. The molecule has 0 radical (unpaired) electrons. The van der Waals surface area contributed by atoms with Crippen molar-refractivity contribution in [2.45, 2.75) is 78.8 Å². The van der Waals surface area contributed by atoms with Crippen LogP contribution in [-0.4, -0.2) is 36.6 Å². The molecule has 1 heterocycles. The normalized spacial score (nSPS) is 26.8. The van der Waals surface area contributed by atoms with Gasteiger partial charge >= 0.3 is 0 Å². The molecular formula is C17H36N2. The Morgan fingerprint density at radius 1 is 1.21 bits per heavy atom. The summed E-state index contributed by atoms with van der Waals surface area (Å²) in [4.78, 5) is 2.79. The summed E-state index contributed by atoms with van der Waals surface area (Å²) < 4.78 is 0. The van der Waals surface area contributed by atoms with Gasteiger partial charge in [0.05, 0.1) is 0 Å². The number of hydrogen-bond donors (Lipinski definition) is 1. The van der Waals surface area contributed by atoms with Crippen LogP contribution in [0.4, 0.5) is 0 Å². The summed E-state index contributed by atoms with van der Waals surface area (Å²) in [5.74, 6) is 1.66. The molecule has 3 unspecified atom stereocenters. The average Bonchev–Trinajstić information content (AvgIpc) is 2.38. The maximum absolute atomic E-state index is 3.77. The summed E-state index contributed by atoms with van der Waals surface area (Å²) in [5.41, 5.74) is 0. The molecule has 0 aromatic carbocycles. The minimum Gasteiger partial charge on any atom is -0.311 e. The first-order valence-electron chi connectivity index (χ1n) is 8.55. The topological polar surface area (TPSA) is 15.3 Å². The molecule has 114 valence electrons. The zero-order valence-electron chi connectivity index (χ0n) is 13.9. The minimum atomic E-state index is 0.726. The highest BCUT2D eigenvalue weighted by Crippen LogP contribution is 2.20. The molecule has 2 nitrogen and oxygen atoms in total. The van der Waals surface area contributed by atoms with Crippen molar-refractivity contribution in [1.29, 1.82) is 0 Å². The number of nitrogens with one attached hydrogen (secondary N) is 1. The first-order valence-corrected chi connectivity index (χ1v) is 8.55. The van der Waals surface area contributed by atoms with Crippen LogP contribution in [-0.2, 0) is 0 Å². The van der Waals surface area contributed by atoms with Gasteiger partial charge in [-0.1, -0.05) is 47.5 Å². The molecule has 0 aromatic heterocycles. The fraction of sp³-hybridized carbons (Fsp3) is 1.00. The molecular weight excluding hydrogens is 232 g/mol. The Hall–Kier alpha value is -0.0800. The predicted octanol–water partition coefficient (Wildman–Crippen LogP) is 3.91. The van der Waals surface area contributed by atoms with Crippen molar-refractivity contribution in [2.75, 3.05) is 19.6 Å². The Morgan fingerprint density at radius 3 is 2.53 bits per heavy atom. The van der Waals surface area contributed by atoms with Gasteiger partial charge in [-0.25, -0.2) is 0 Å². The van der Waals surface area contributed by atoms with E-state index in [1.54, 1.807) is 0 Å². The maximum Gasteiger partial charge on any atom is 0.0246 e. The third-order valence-corrected chi connectivity index (χ3v) is 4.70. The van der Waals surface area contributed by atoms with Crippen molar-refractivity contribution in [3.05, 3.63) is 0 Å². The first kappa shape index (κ1) is 17.0. The van der Waals surface area contributed by atoms with E-state index in [4.69, 9.17) is 0 Å². The second-order valence-electron chi connectivity index (χ2n) is 6.88. The molecule has 3 atom stereocenters. The monoisotopic (exact) mass is 268 g/mol. The van der Waals surface area contributed by atoms with Crippen LogP contribution in [0.2, 0.25) is 0 Å². The molecule has 1 saturated heterocycles. The van der Waals surface area contributed by atoms with Crippen LogP contribution in [0.3, 0.4) is 0 Å². The van der Waals surface area contributed by atoms with E-state index in [1.807, 2.05) is 0 Å². The fourth-order valence-corrected chi connectivity index (χ4v) is 3.23. The van der Waals surface area contributed by atoms with Gasteiger partial charge in [0, 0.05) is 25.2 Å². The van der Waals surface area contributed by atoms with Gasteiger partial charge in [0.2, 0.25) is 0 Å². The van der Waals surface area contributed by atoms with Gasteiger partial charge in [0.1, 0.15) is 0 Å². The molecule has 0 amide bonds. The second-order valence-corrected chi connectivity index (χ2v) is 6.88. The summed E-state index contributed by atoms with van der Waals surface area (Å²) in [6.07, 6.45) is 6.66. The van der Waals surface area contributed by atoms with Crippen LogP contribution < -0.4 is 5.32 Å². The smallest absolute Gasteiger partial charge is 0.0246 e. The van der Waals surface area contributed by atoms with Gasteiger partial charge in [-0.3, -0.25) is 4.90 Å². The average molecular weight is 268 g/mol. The maximum atomic E-state index is 3.77. The van der Waals surface area contributed by atoms with Crippen LogP contribution in [0.1, 0.15) is 66.7 Å². The lowest BCUT2D eigenvalue weighted by Crippen LogP contribution is -2.58. The number of rotatable bonds is 8. The summed E-state index contributed by atoms with van der Waals surface area (Å²) in [7, 11) is 0. The van der Waals surface area contributed by atoms with E-state index in [0.29, 0.717) is 0 Å². The molecule has 1 aliphatic rings. The SMILES string of the molecule is CCCC1CN(CCCC(C)C)C(C(C)CC)CN1. The highest BCUT2D eigenvalue weighted by atomic mass is 15.2. The van der Waals surface area contributed by atoms with Crippen LogP contribution in [0.15, 0.2) is 0 Å². The standard InChI is InChI=1S/C17H36N2/c1-6-9-16-13-19(11-8-10-14(3)4)17(12-18-16)15(5)7-2/h14-18H,6-13H2,1-5H3. The van der Waals surface area contributed by atoms with Crippen LogP contribution in [0.5, 0.6) is 0 Å². The number of nitrogens with zero attached hydrogens (tertiary/aromatic N) is 1. The lowest BCUT2D eigenvalue weighted by molar-refractivity contribution is 0.0862. The second kappa shape index (κ2) is 8.97. The van der Waals surface area contributed by atoms with E-state index >= 15 is 0 Å². The third kappa shape index (κ3) is 5.83. The summed E-state index contributed by atoms with van der Waals surface area (Å²) in [6, 6.07) is 1.48. The Balaban J connectivity index is 2.49. The van der Waals surface area contributed by atoms with Crippen molar-refractivity contribution in [1.82, 2.24) is 10.2 Å². The highest BCUT2D eigenvalue weighted by molar-refractivity contribution is 4.88. The van der Waals surface area contributed by atoms with Gasteiger partial charge in [-0.15, -0.1) is 0 Å². The zero-order chi connectivity index (χ0) is 14.3. The van der Waals surface area contributed by atoms with Crippen LogP contribution in [0.25, 0.3) is 0 Å². The lowest BCUT2D eigenvalue weighted by atomic mass is 9.93. The molecule has 0 bridgehead atoms. The van der Waals surface area contributed by atoms with Crippen molar-refractivity contribution in [2.24, 2.45) is 11.8 Å². The van der Waals surface area contributed by atoms with Crippen LogP contribution in [0, 0.1) is 11.8 Å². The molecule has 0 aliphatic carbocycles. The largest absolute Gasteiger partial charge is 0.311 e. The van der Waals surface area contributed by atoms with E-state index in [0.717, 1.165) is 23.9 Å². The van der Waals surface area contributed by atoms with E-state index < -0.39 is 0 Å². The quantitative estimate of drug-likeness (QED) is 0.718. The molecule has 2 heteroatoms. The molecule has 1 aliphatic heterocycles. The van der Waals surface area contributed by atoms with E-state index in [-0.39, 0.29) is 0 Å². The molecule has 0 spiro atoms. The Bertz CT molecular complexity index is 227. The fourth-order valence-electron chi connectivity index (χ4n) is 3.23. The minimum absolute atomic E-state index is 0.726. The Kier molecular flexibility index (Phi) is 8.01. The third-order valence-electron chi connectivity index (χ3n) is 4.70. The molecule has 0 saturated carbocycles. The summed E-state index contributed by atoms with van der Waals surface area (Å²) >= 11 is 0. The van der Waals surface area contributed by atoms with E-state index in [9.17, 15) is 0 Å². The van der Waals surface area contributed by atoms with E-state index in [1.165, 1.54) is 51.7 Å². The number of piperazine rings is 1. The number of hydrogen-bond acceptors (Lipinski definition) is 2. The van der Waals surface area contributed by atoms with Crippen molar-refractivity contribution in [3.8, 4) is 0 Å². The van der Waals surface area contributed by atoms with Crippen molar-refractivity contribution >= 4 is 0 Å². The Labute approximate surface area is 121 Å². The van der Waals surface area contributed by atoms with Crippen LogP contribution >= 0.6 is 0 Å². The van der Waals surface area contributed by atoms with Gasteiger partial charge in [0.15, 0.2) is 0 Å². The highest BCUT2D eigenvalue weighted by Gasteiger charge is 2.29. The van der Waals surface area contributed by atoms with Crippen molar-refractivity contribution < 1.29 is 0 Å². The molecule has 0 aromatic rings. The van der Waals surface area contributed by atoms with Crippen molar-refractivity contribution in [3.63, 3.8) is 0 Å². The Morgan fingerprint density at radius 2 is 1.95 bits per heavy atom. The lowest BCUT2D eigenvalue weighted by Gasteiger charge is -2.43. The predicted molar refractivity (Wildman–Crippen MR) is 85.6 cm³/mol. The molecule has 1 rings (SSSR count). The summed E-state index contributed by atoms with van der Waals surface area (Å²) in [6.45, 7) is 15.5. The van der Waals surface area contributed by atoms with Gasteiger partial charge in [-0.2, -0.15) is 0 Å². The van der Waals surface area contributed by atoms with Gasteiger partial charge < -0.3 is 5.32 Å². The molecule has 1 fully saturated rings.